The molecule has 1 rings (SSSR count). The number of rotatable bonds is 4. The van der Waals surface area contributed by atoms with Gasteiger partial charge in [-0.15, -0.1) is 0 Å². The molecule has 0 spiro atoms. The topological polar surface area (TPSA) is 55.7 Å². The Bertz CT molecular complexity index is 355. The largest absolute Gasteiger partial charge is 0.465 e. The van der Waals surface area contributed by atoms with Crippen LogP contribution in [0.5, 0.6) is 0 Å². The zero-order chi connectivity index (χ0) is 11.4. The smallest absolute Gasteiger partial charge is 0.317 e. The molecule has 1 aliphatic rings. The van der Waals surface area contributed by atoms with Gasteiger partial charge in [-0.3, -0.25) is 14.6 Å². The molecule has 0 aromatic rings. The first-order chi connectivity index (χ1) is 7.15. The zero-order valence-corrected chi connectivity index (χ0v) is 8.66. The van der Waals surface area contributed by atoms with Crippen molar-refractivity contribution in [3.05, 3.63) is 23.9 Å². The molecule has 0 amide bonds. The van der Waals surface area contributed by atoms with Crippen LogP contribution in [0.4, 0.5) is 0 Å². The van der Waals surface area contributed by atoms with Gasteiger partial charge in [0.2, 0.25) is 0 Å². The monoisotopic (exact) mass is 207 g/mol. The molecule has 0 bridgehead atoms. The Balaban J connectivity index is 2.87. The molecule has 1 aliphatic carbocycles. The highest BCUT2D eigenvalue weighted by Crippen LogP contribution is 2.30. The number of aliphatic imine (C=N–C) groups is 1. The fraction of sp³-hybridized carbons (Fsp3) is 0.364. The first kappa shape index (κ1) is 11.4. The van der Waals surface area contributed by atoms with E-state index in [0.717, 1.165) is 0 Å². The third-order valence-corrected chi connectivity index (χ3v) is 2.25. The number of nitrogens with zero attached hydrogens (tertiary/aromatic N) is 1. The Kier molecular flexibility index (Phi) is 3.55. The van der Waals surface area contributed by atoms with Gasteiger partial charge in [0.25, 0.3) is 0 Å². The van der Waals surface area contributed by atoms with Gasteiger partial charge in [0, 0.05) is 0 Å². The van der Waals surface area contributed by atoms with E-state index in [1.54, 1.807) is 6.92 Å². The lowest BCUT2D eigenvalue weighted by atomic mass is 10.1. The van der Waals surface area contributed by atoms with Gasteiger partial charge in [-0.1, -0.05) is 12.7 Å². The standard InChI is InChI=1S/C11H13NO3/c1-4-7-6-8(11(14)15-5-2)10(13)9(7)12-3/h4,8H,1,3,5-6H2,2H3. The second-order valence-electron chi connectivity index (χ2n) is 3.11. The number of esters is 1. The number of Topliss-reactive ketones (excluding diaryl/α,β-unsaturated/α-hetero) is 1. The highest BCUT2D eigenvalue weighted by Gasteiger charge is 2.37. The van der Waals surface area contributed by atoms with Crippen LogP contribution in [0.1, 0.15) is 13.3 Å². The van der Waals surface area contributed by atoms with Crippen LogP contribution in [0.2, 0.25) is 0 Å². The Labute approximate surface area is 88.3 Å². The summed E-state index contributed by atoms with van der Waals surface area (Å²) >= 11 is 0. The quantitative estimate of drug-likeness (QED) is 0.396. The molecule has 0 saturated heterocycles. The summed E-state index contributed by atoms with van der Waals surface area (Å²) in [6.07, 6.45) is 1.84. The fourth-order valence-electron chi connectivity index (χ4n) is 1.53. The second kappa shape index (κ2) is 4.68. The molecule has 4 heteroatoms. The summed E-state index contributed by atoms with van der Waals surface area (Å²) in [5, 5.41) is 0. The van der Waals surface area contributed by atoms with Crippen LogP contribution in [0.3, 0.4) is 0 Å². The normalized spacial score (nSPS) is 20.3. The van der Waals surface area contributed by atoms with E-state index in [1.807, 2.05) is 0 Å². The molecule has 0 heterocycles. The summed E-state index contributed by atoms with van der Waals surface area (Å²) in [6.45, 7) is 8.83. The molecular weight excluding hydrogens is 194 g/mol. The Hall–Kier alpha value is -1.71. The van der Waals surface area contributed by atoms with Crippen molar-refractivity contribution in [3.63, 3.8) is 0 Å². The molecule has 15 heavy (non-hydrogen) atoms. The van der Waals surface area contributed by atoms with Crippen LogP contribution < -0.4 is 0 Å². The average molecular weight is 207 g/mol. The maximum atomic E-state index is 11.7. The lowest BCUT2D eigenvalue weighted by molar-refractivity contribution is -0.150. The molecule has 1 unspecified atom stereocenters. The summed E-state index contributed by atoms with van der Waals surface area (Å²) in [4.78, 5) is 26.7. The molecule has 0 aromatic carbocycles. The highest BCUT2D eigenvalue weighted by molar-refractivity contribution is 6.11. The maximum absolute atomic E-state index is 11.7. The van der Waals surface area contributed by atoms with E-state index in [9.17, 15) is 9.59 Å². The predicted octanol–water partition coefficient (Wildman–Crippen LogP) is 1.28. The molecule has 0 saturated carbocycles. The second-order valence-corrected chi connectivity index (χ2v) is 3.11. The van der Waals surface area contributed by atoms with Gasteiger partial charge in [0.1, 0.15) is 11.6 Å². The van der Waals surface area contributed by atoms with E-state index in [0.29, 0.717) is 12.0 Å². The molecule has 0 aliphatic heterocycles. The first-order valence-electron chi connectivity index (χ1n) is 4.68. The third-order valence-electron chi connectivity index (χ3n) is 2.25. The van der Waals surface area contributed by atoms with Crippen molar-refractivity contribution in [2.24, 2.45) is 10.9 Å². The van der Waals surface area contributed by atoms with Crippen molar-refractivity contribution in [2.75, 3.05) is 6.61 Å². The fourth-order valence-corrected chi connectivity index (χ4v) is 1.53. The summed E-state index contributed by atoms with van der Waals surface area (Å²) in [7, 11) is 0. The number of ether oxygens (including phenoxy) is 1. The van der Waals surface area contributed by atoms with Gasteiger partial charge in [-0.2, -0.15) is 0 Å². The Morgan fingerprint density at radius 3 is 2.80 bits per heavy atom. The molecule has 0 aromatic heterocycles. The summed E-state index contributed by atoms with van der Waals surface area (Å²) in [5.41, 5.74) is 0.899. The molecule has 4 nitrogen and oxygen atoms in total. The summed E-state index contributed by atoms with van der Waals surface area (Å²) in [5.74, 6) is -1.59. The molecule has 0 fully saturated rings. The van der Waals surface area contributed by atoms with Gasteiger partial charge in [-0.05, 0) is 25.6 Å². The van der Waals surface area contributed by atoms with Crippen LogP contribution in [-0.2, 0) is 14.3 Å². The minimum absolute atomic E-state index is 0.239. The Morgan fingerprint density at radius 2 is 2.40 bits per heavy atom. The van der Waals surface area contributed by atoms with E-state index in [1.165, 1.54) is 6.08 Å². The minimum atomic E-state index is -0.765. The predicted molar refractivity (Wildman–Crippen MR) is 56.5 cm³/mol. The van der Waals surface area contributed by atoms with Crippen molar-refractivity contribution in [1.82, 2.24) is 0 Å². The lowest BCUT2D eigenvalue weighted by Crippen LogP contribution is -2.22. The van der Waals surface area contributed by atoms with E-state index in [4.69, 9.17) is 4.74 Å². The van der Waals surface area contributed by atoms with Crippen molar-refractivity contribution in [1.29, 1.82) is 0 Å². The van der Waals surface area contributed by atoms with Crippen LogP contribution in [0.25, 0.3) is 0 Å². The minimum Gasteiger partial charge on any atom is -0.465 e. The van der Waals surface area contributed by atoms with Crippen molar-refractivity contribution in [3.8, 4) is 0 Å². The van der Waals surface area contributed by atoms with Crippen molar-refractivity contribution in [2.45, 2.75) is 13.3 Å². The van der Waals surface area contributed by atoms with Crippen molar-refractivity contribution >= 4 is 18.5 Å². The van der Waals surface area contributed by atoms with E-state index in [2.05, 4.69) is 18.3 Å². The first-order valence-corrected chi connectivity index (χ1v) is 4.68. The van der Waals surface area contributed by atoms with Gasteiger partial charge in [0.15, 0.2) is 5.78 Å². The van der Waals surface area contributed by atoms with E-state index < -0.39 is 11.9 Å². The lowest BCUT2D eigenvalue weighted by Gasteiger charge is -2.06. The number of carbonyl (C=O) groups excluding carboxylic acids is 2. The van der Waals surface area contributed by atoms with Gasteiger partial charge >= 0.3 is 5.97 Å². The Morgan fingerprint density at radius 1 is 1.73 bits per heavy atom. The number of hydrogen-bond acceptors (Lipinski definition) is 4. The summed E-state index contributed by atoms with van der Waals surface area (Å²) in [6, 6.07) is 0. The van der Waals surface area contributed by atoms with E-state index >= 15 is 0 Å². The molecule has 1 atom stereocenters. The summed E-state index contributed by atoms with van der Waals surface area (Å²) < 4.78 is 4.80. The van der Waals surface area contributed by atoms with Gasteiger partial charge in [-0.25, -0.2) is 0 Å². The number of carbonyl (C=O) groups is 2. The SMILES string of the molecule is C=CC1=C(N=C)C(=O)C(C(=O)OCC)C1. The molecule has 80 valence electrons. The number of hydrogen-bond donors (Lipinski definition) is 0. The number of ketones is 1. The highest BCUT2D eigenvalue weighted by atomic mass is 16.5. The third kappa shape index (κ3) is 2.03. The molecular formula is C11H13NO3. The zero-order valence-electron chi connectivity index (χ0n) is 8.66. The van der Waals surface area contributed by atoms with Crippen molar-refractivity contribution < 1.29 is 14.3 Å². The van der Waals surface area contributed by atoms with E-state index in [-0.39, 0.29) is 18.1 Å². The molecule has 0 radical (unpaired) electrons. The van der Waals surface area contributed by atoms with Crippen LogP contribution in [-0.4, -0.2) is 25.1 Å². The van der Waals surface area contributed by atoms with Gasteiger partial charge < -0.3 is 4.74 Å². The van der Waals surface area contributed by atoms with Crippen LogP contribution in [0.15, 0.2) is 28.9 Å². The van der Waals surface area contributed by atoms with Crippen LogP contribution in [0, 0.1) is 5.92 Å². The average Bonchev–Trinajstić information content (AvgIpc) is 2.55. The van der Waals surface area contributed by atoms with Gasteiger partial charge in [0.05, 0.1) is 6.61 Å². The maximum Gasteiger partial charge on any atom is 0.317 e. The number of allylic oxidation sites excluding steroid dienone is 3. The molecule has 0 N–H and O–H groups in total. The van der Waals surface area contributed by atoms with Crippen LogP contribution >= 0.6 is 0 Å².